The Hall–Kier alpha value is -3.20. The number of rotatable bonds is 7. The zero-order valence-electron chi connectivity index (χ0n) is 15.1. The first-order valence-electron chi connectivity index (χ1n) is 8.60. The van der Waals surface area contributed by atoms with Crippen molar-refractivity contribution >= 4 is 5.91 Å². The van der Waals surface area contributed by atoms with Gasteiger partial charge in [0.05, 0.1) is 18.6 Å². The van der Waals surface area contributed by atoms with Crippen LogP contribution in [0.25, 0.3) is 5.69 Å². The Morgan fingerprint density at radius 3 is 2.45 bits per heavy atom. The van der Waals surface area contributed by atoms with Crippen LogP contribution in [0, 0.1) is 5.82 Å². The summed E-state index contributed by atoms with van der Waals surface area (Å²) in [5.74, 6) is -0.829. The van der Waals surface area contributed by atoms with Crippen molar-refractivity contribution in [2.75, 3.05) is 6.61 Å². The average Bonchev–Trinajstić information content (AvgIpc) is 3.20. The van der Waals surface area contributed by atoms with Crippen molar-refractivity contribution in [2.24, 2.45) is 0 Å². The molecule has 5 nitrogen and oxygen atoms in total. The summed E-state index contributed by atoms with van der Waals surface area (Å²) in [6, 6.07) is 10.6. The van der Waals surface area contributed by atoms with Crippen molar-refractivity contribution in [1.82, 2.24) is 14.9 Å². The van der Waals surface area contributed by atoms with Gasteiger partial charge in [-0.05, 0) is 35.4 Å². The molecule has 0 atom stereocenters. The number of alkyl halides is 3. The number of amides is 1. The second-order valence-corrected chi connectivity index (χ2v) is 6.24. The van der Waals surface area contributed by atoms with Crippen molar-refractivity contribution in [2.45, 2.75) is 19.3 Å². The van der Waals surface area contributed by atoms with Gasteiger partial charge < -0.3 is 14.6 Å². The predicted molar refractivity (Wildman–Crippen MR) is 96.8 cm³/mol. The van der Waals surface area contributed by atoms with Gasteiger partial charge in [-0.1, -0.05) is 18.2 Å². The van der Waals surface area contributed by atoms with E-state index >= 15 is 0 Å². The predicted octanol–water partition coefficient (Wildman–Crippen LogP) is 4.02. The van der Waals surface area contributed by atoms with Crippen LogP contribution < -0.4 is 5.32 Å². The monoisotopic (exact) mass is 407 g/mol. The van der Waals surface area contributed by atoms with Gasteiger partial charge in [0.15, 0.2) is 0 Å². The second kappa shape index (κ2) is 8.87. The first-order valence-corrected chi connectivity index (χ1v) is 8.60. The number of imidazole rings is 1. The van der Waals surface area contributed by atoms with E-state index in [4.69, 9.17) is 0 Å². The highest BCUT2D eigenvalue weighted by Crippen LogP contribution is 2.17. The van der Waals surface area contributed by atoms with Gasteiger partial charge >= 0.3 is 6.18 Å². The van der Waals surface area contributed by atoms with Gasteiger partial charge in [-0.15, -0.1) is 0 Å². The van der Waals surface area contributed by atoms with Gasteiger partial charge in [0.25, 0.3) is 5.91 Å². The van der Waals surface area contributed by atoms with E-state index in [1.807, 2.05) is 0 Å². The number of halogens is 4. The summed E-state index contributed by atoms with van der Waals surface area (Å²) in [5, 5.41) is 2.67. The fourth-order valence-electron chi connectivity index (χ4n) is 2.59. The number of nitrogens with zero attached hydrogens (tertiary/aromatic N) is 2. The van der Waals surface area contributed by atoms with E-state index in [0.29, 0.717) is 22.4 Å². The smallest absolute Gasteiger partial charge is 0.367 e. The average molecular weight is 407 g/mol. The van der Waals surface area contributed by atoms with Crippen molar-refractivity contribution in [3.8, 4) is 5.69 Å². The number of hydrogen-bond donors (Lipinski definition) is 1. The Labute approximate surface area is 163 Å². The van der Waals surface area contributed by atoms with Crippen LogP contribution in [0.2, 0.25) is 0 Å². The quantitative estimate of drug-likeness (QED) is 0.602. The first-order chi connectivity index (χ1) is 13.8. The van der Waals surface area contributed by atoms with Gasteiger partial charge in [0, 0.05) is 24.5 Å². The Balaban J connectivity index is 1.53. The molecule has 2 aromatic carbocycles. The molecule has 29 heavy (non-hydrogen) atoms. The molecule has 1 aromatic heterocycles. The summed E-state index contributed by atoms with van der Waals surface area (Å²) in [4.78, 5) is 16.1. The lowest BCUT2D eigenvalue weighted by Crippen LogP contribution is -2.23. The molecule has 0 aliphatic heterocycles. The molecule has 0 saturated heterocycles. The van der Waals surface area contributed by atoms with Crippen molar-refractivity contribution in [3.63, 3.8) is 0 Å². The topological polar surface area (TPSA) is 56.2 Å². The second-order valence-electron chi connectivity index (χ2n) is 6.24. The van der Waals surface area contributed by atoms with Crippen LogP contribution in [0.5, 0.6) is 0 Å². The highest BCUT2D eigenvalue weighted by Gasteiger charge is 2.27. The molecule has 0 aliphatic rings. The minimum atomic E-state index is -4.38. The molecule has 9 heteroatoms. The number of carbonyl (C=O) groups is 1. The summed E-state index contributed by atoms with van der Waals surface area (Å²) < 4.78 is 56.5. The van der Waals surface area contributed by atoms with Gasteiger partial charge in [-0.2, -0.15) is 13.2 Å². The van der Waals surface area contributed by atoms with Crippen molar-refractivity contribution < 1.29 is 27.1 Å². The van der Waals surface area contributed by atoms with Gasteiger partial charge in [-0.3, -0.25) is 4.79 Å². The van der Waals surface area contributed by atoms with Crippen molar-refractivity contribution in [1.29, 1.82) is 0 Å². The molecule has 1 amide bonds. The number of nitrogens with one attached hydrogen (secondary N) is 1. The molecule has 0 radical (unpaired) electrons. The fourth-order valence-corrected chi connectivity index (χ4v) is 2.59. The van der Waals surface area contributed by atoms with E-state index in [2.05, 4.69) is 15.0 Å². The summed E-state index contributed by atoms with van der Waals surface area (Å²) >= 11 is 0. The Morgan fingerprint density at radius 2 is 1.83 bits per heavy atom. The van der Waals surface area contributed by atoms with Crippen molar-refractivity contribution in [3.05, 3.63) is 83.7 Å². The zero-order valence-corrected chi connectivity index (χ0v) is 15.1. The third-order valence-corrected chi connectivity index (χ3v) is 4.00. The Morgan fingerprint density at radius 1 is 1.10 bits per heavy atom. The molecule has 152 valence electrons. The van der Waals surface area contributed by atoms with Crippen LogP contribution >= 0.6 is 0 Å². The fraction of sp³-hybridized carbons (Fsp3) is 0.200. The molecule has 1 N–H and O–H groups in total. The SMILES string of the molecule is O=C(NCc1ccc(-n2ccnc2)c(F)c1)c1ccc(COCC(F)(F)F)cc1. The summed E-state index contributed by atoms with van der Waals surface area (Å²) in [6.07, 6.45) is 0.271. The summed E-state index contributed by atoms with van der Waals surface area (Å²) in [7, 11) is 0. The minimum absolute atomic E-state index is 0.121. The lowest BCUT2D eigenvalue weighted by Gasteiger charge is -2.10. The highest BCUT2D eigenvalue weighted by molar-refractivity contribution is 5.94. The van der Waals surface area contributed by atoms with Crippen LogP contribution in [0.3, 0.4) is 0 Å². The normalized spacial score (nSPS) is 11.4. The lowest BCUT2D eigenvalue weighted by atomic mass is 10.1. The van der Waals surface area contributed by atoms with Gasteiger partial charge in [0.1, 0.15) is 12.4 Å². The van der Waals surface area contributed by atoms with E-state index in [0.717, 1.165) is 0 Å². The van der Waals surface area contributed by atoms with E-state index in [1.165, 1.54) is 41.2 Å². The lowest BCUT2D eigenvalue weighted by molar-refractivity contribution is -0.176. The van der Waals surface area contributed by atoms with Crippen LogP contribution in [0.4, 0.5) is 17.6 Å². The molecule has 0 fully saturated rings. The highest BCUT2D eigenvalue weighted by atomic mass is 19.4. The third kappa shape index (κ3) is 5.89. The molecule has 1 heterocycles. The van der Waals surface area contributed by atoms with Crippen LogP contribution in [0.1, 0.15) is 21.5 Å². The zero-order chi connectivity index (χ0) is 20.9. The van der Waals surface area contributed by atoms with Crippen LogP contribution in [0.15, 0.2) is 61.2 Å². The maximum Gasteiger partial charge on any atom is 0.411 e. The maximum absolute atomic E-state index is 14.2. The maximum atomic E-state index is 14.2. The number of carbonyl (C=O) groups excluding carboxylic acids is 1. The molecule has 0 spiro atoms. The summed E-state index contributed by atoms with van der Waals surface area (Å²) in [5.41, 5.74) is 1.78. The van der Waals surface area contributed by atoms with Crippen LogP contribution in [-0.2, 0) is 17.9 Å². The number of ether oxygens (including phenoxy) is 1. The Bertz CT molecular complexity index is 955. The molecule has 0 aliphatic carbocycles. The third-order valence-electron chi connectivity index (χ3n) is 4.00. The van der Waals surface area contributed by atoms with E-state index in [9.17, 15) is 22.4 Å². The largest absolute Gasteiger partial charge is 0.411 e. The number of aromatic nitrogens is 2. The molecule has 0 bridgehead atoms. The van der Waals surface area contributed by atoms with E-state index in [1.54, 1.807) is 24.5 Å². The number of hydrogen-bond acceptors (Lipinski definition) is 3. The molecule has 3 rings (SSSR count). The first kappa shape index (κ1) is 20.5. The molecular weight excluding hydrogens is 390 g/mol. The van der Waals surface area contributed by atoms with E-state index < -0.39 is 18.6 Å². The molecule has 0 saturated carbocycles. The minimum Gasteiger partial charge on any atom is -0.367 e. The van der Waals surface area contributed by atoms with Gasteiger partial charge in [-0.25, -0.2) is 9.37 Å². The molecular formula is C20H17F4N3O2. The molecule has 0 unspecified atom stereocenters. The number of benzene rings is 2. The van der Waals surface area contributed by atoms with E-state index in [-0.39, 0.29) is 19.1 Å². The molecule has 3 aromatic rings. The summed E-state index contributed by atoms with van der Waals surface area (Å²) in [6.45, 7) is -1.41. The Kier molecular flexibility index (Phi) is 6.28. The van der Waals surface area contributed by atoms with Crippen LogP contribution in [-0.4, -0.2) is 28.2 Å². The standard InChI is InChI=1S/C20H17F4N3O2/c21-17-9-15(3-6-18(17)27-8-7-25-13-27)10-26-19(28)16-4-1-14(2-5-16)11-29-12-20(22,23)24/h1-9,13H,10-12H2,(H,26,28). The van der Waals surface area contributed by atoms with Gasteiger partial charge in [0.2, 0.25) is 0 Å².